The molecule has 1 atom stereocenters. The van der Waals surface area contributed by atoms with Gasteiger partial charge in [0.1, 0.15) is 5.76 Å². The van der Waals surface area contributed by atoms with Crippen molar-refractivity contribution in [3.05, 3.63) is 23.7 Å². The summed E-state index contributed by atoms with van der Waals surface area (Å²) < 4.78 is 5.27. The zero-order chi connectivity index (χ0) is 15.0. The van der Waals surface area contributed by atoms with Crippen LogP contribution in [-0.2, 0) is 16.0 Å². The number of amides is 1. The number of fused-ring (bicyclic) bond motifs is 1. The number of aliphatic carboxylic acids is 1. The van der Waals surface area contributed by atoms with Crippen LogP contribution in [-0.4, -0.2) is 39.1 Å². The topological polar surface area (TPSA) is 91.0 Å². The van der Waals surface area contributed by atoms with Gasteiger partial charge in [-0.1, -0.05) is 12.8 Å². The zero-order valence-corrected chi connectivity index (χ0v) is 11.7. The molecule has 0 bridgehead atoms. The lowest BCUT2D eigenvalue weighted by atomic mass is 9.94. The number of rotatable bonds is 3. The smallest absolute Gasteiger partial charge is 0.331 e. The third-order valence-corrected chi connectivity index (χ3v) is 4.53. The highest BCUT2D eigenvalue weighted by atomic mass is 16.4. The summed E-state index contributed by atoms with van der Waals surface area (Å²) in [5.74, 6) is -0.728. The minimum absolute atomic E-state index is 0.00393. The van der Waals surface area contributed by atoms with E-state index in [0.29, 0.717) is 37.1 Å². The molecule has 0 radical (unpaired) electrons. The maximum Gasteiger partial charge on any atom is 0.331 e. The number of hydrogen-bond acceptors (Lipinski definition) is 4. The summed E-state index contributed by atoms with van der Waals surface area (Å²) in [7, 11) is 0. The maximum absolute atomic E-state index is 12.5. The highest BCUT2D eigenvalue weighted by Crippen LogP contribution is 2.36. The third kappa shape index (κ3) is 2.55. The quantitative estimate of drug-likeness (QED) is 0.881. The van der Waals surface area contributed by atoms with Gasteiger partial charge in [-0.15, -0.1) is 0 Å². The Labute approximate surface area is 122 Å². The summed E-state index contributed by atoms with van der Waals surface area (Å²) >= 11 is 0. The van der Waals surface area contributed by atoms with E-state index in [4.69, 9.17) is 4.42 Å². The van der Waals surface area contributed by atoms with Gasteiger partial charge in [-0.3, -0.25) is 4.79 Å². The maximum atomic E-state index is 12.5. The summed E-state index contributed by atoms with van der Waals surface area (Å²) in [6.45, 7) is 0.312. The molecule has 1 aliphatic heterocycles. The van der Waals surface area contributed by atoms with Crippen molar-refractivity contribution in [2.24, 2.45) is 0 Å². The predicted octanol–water partition coefficient (Wildman–Crippen LogP) is 1.49. The normalized spacial score (nSPS) is 23.9. The number of carbonyl (C=O) groups is 2. The predicted molar refractivity (Wildman–Crippen MR) is 72.5 cm³/mol. The Kier molecular flexibility index (Phi) is 3.49. The van der Waals surface area contributed by atoms with Crippen LogP contribution in [0.4, 0.5) is 0 Å². The Hall–Kier alpha value is -1.82. The lowest BCUT2D eigenvalue weighted by Crippen LogP contribution is -2.45. The average Bonchev–Trinajstić information content (AvgIpc) is 3.05. The van der Waals surface area contributed by atoms with Crippen molar-refractivity contribution in [2.75, 3.05) is 6.54 Å². The molecule has 2 N–H and O–H groups in total. The van der Waals surface area contributed by atoms with Gasteiger partial charge in [0.2, 0.25) is 5.91 Å². The van der Waals surface area contributed by atoms with Gasteiger partial charge in [0.15, 0.2) is 6.04 Å². The fourth-order valence-electron chi connectivity index (χ4n) is 3.44. The van der Waals surface area contributed by atoms with Crippen LogP contribution in [0.3, 0.4) is 0 Å². The first-order valence-electron chi connectivity index (χ1n) is 7.31. The first kappa shape index (κ1) is 14.1. The number of aliphatic hydroxyl groups is 1. The zero-order valence-electron chi connectivity index (χ0n) is 11.7. The molecule has 114 valence electrons. The second-order valence-electron chi connectivity index (χ2n) is 5.99. The Bertz CT molecular complexity index is 558. The standard InChI is InChI=1S/C15H19NO5/c17-12(9-15(20)5-1-2-6-15)16-7-3-11-10(4-8-21-11)13(16)14(18)19/h4,8,13,20H,1-3,5-7,9H2,(H,18,19). The molecular formula is C15H19NO5. The molecule has 21 heavy (non-hydrogen) atoms. The highest BCUT2D eigenvalue weighted by Gasteiger charge is 2.41. The van der Waals surface area contributed by atoms with Crippen molar-refractivity contribution in [3.63, 3.8) is 0 Å². The number of hydrogen-bond donors (Lipinski definition) is 2. The van der Waals surface area contributed by atoms with Crippen LogP contribution in [0.5, 0.6) is 0 Å². The van der Waals surface area contributed by atoms with Crippen LogP contribution >= 0.6 is 0 Å². The number of carbonyl (C=O) groups excluding carboxylic acids is 1. The van der Waals surface area contributed by atoms with E-state index in [1.54, 1.807) is 6.07 Å². The SMILES string of the molecule is O=C(O)C1c2ccoc2CCN1C(=O)CC1(O)CCCC1. The number of carboxylic acids is 1. The lowest BCUT2D eigenvalue weighted by Gasteiger charge is -2.34. The molecule has 1 aromatic rings. The molecule has 1 fully saturated rings. The van der Waals surface area contributed by atoms with Gasteiger partial charge in [-0.2, -0.15) is 0 Å². The molecule has 1 aliphatic carbocycles. The van der Waals surface area contributed by atoms with Gasteiger partial charge in [0.05, 0.1) is 18.3 Å². The summed E-state index contributed by atoms with van der Waals surface area (Å²) in [4.78, 5) is 25.4. The van der Waals surface area contributed by atoms with Gasteiger partial charge in [0, 0.05) is 18.5 Å². The molecule has 1 amide bonds. The fraction of sp³-hybridized carbons (Fsp3) is 0.600. The Morgan fingerprint density at radius 1 is 1.38 bits per heavy atom. The number of furan rings is 1. The monoisotopic (exact) mass is 293 g/mol. The first-order chi connectivity index (χ1) is 10.0. The van der Waals surface area contributed by atoms with E-state index < -0.39 is 17.6 Å². The molecule has 6 heteroatoms. The molecule has 6 nitrogen and oxygen atoms in total. The molecule has 1 unspecified atom stereocenters. The van der Waals surface area contributed by atoms with Crippen LogP contribution in [0.1, 0.15) is 49.5 Å². The second-order valence-corrected chi connectivity index (χ2v) is 5.99. The minimum Gasteiger partial charge on any atom is -0.479 e. The summed E-state index contributed by atoms with van der Waals surface area (Å²) in [5.41, 5.74) is -0.419. The van der Waals surface area contributed by atoms with Crippen LogP contribution in [0.15, 0.2) is 16.7 Å². The summed E-state index contributed by atoms with van der Waals surface area (Å²) in [6.07, 6.45) is 5.03. The van der Waals surface area contributed by atoms with Crippen molar-refractivity contribution in [1.29, 1.82) is 0 Å². The molecule has 2 aliphatic rings. The second kappa shape index (κ2) is 5.18. The van der Waals surface area contributed by atoms with Crippen molar-refractivity contribution in [3.8, 4) is 0 Å². The number of carboxylic acid groups (broad SMARTS) is 1. The lowest BCUT2D eigenvalue weighted by molar-refractivity contribution is -0.153. The molecule has 0 saturated heterocycles. The summed E-state index contributed by atoms with van der Waals surface area (Å²) in [5, 5.41) is 19.8. The van der Waals surface area contributed by atoms with E-state index in [2.05, 4.69) is 0 Å². The van der Waals surface area contributed by atoms with Gasteiger partial charge < -0.3 is 19.5 Å². The van der Waals surface area contributed by atoms with E-state index in [0.717, 1.165) is 12.8 Å². The van der Waals surface area contributed by atoms with E-state index in [-0.39, 0.29) is 12.3 Å². The number of nitrogens with zero attached hydrogens (tertiary/aromatic N) is 1. The van der Waals surface area contributed by atoms with Crippen LogP contribution in [0.25, 0.3) is 0 Å². The Morgan fingerprint density at radius 2 is 2.10 bits per heavy atom. The fourth-order valence-corrected chi connectivity index (χ4v) is 3.44. The summed E-state index contributed by atoms with van der Waals surface area (Å²) in [6, 6.07) is 0.600. The minimum atomic E-state index is -1.07. The average molecular weight is 293 g/mol. The van der Waals surface area contributed by atoms with Crippen molar-refractivity contribution < 1.29 is 24.2 Å². The van der Waals surface area contributed by atoms with Crippen molar-refractivity contribution in [2.45, 2.75) is 50.2 Å². The molecule has 0 spiro atoms. The molecular weight excluding hydrogens is 274 g/mol. The van der Waals surface area contributed by atoms with Crippen molar-refractivity contribution in [1.82, 2.24) is 4.90 Å². The van der Waals surface area contributed by atoms with Gasteiger partial charge in [0.25, 0.3) is 0 Å². The molecule has 3 rings (SSSR count). The first-order valence-corrected chi connectivity index (χ1v) is 7.31. The van der Waals surface area contributed by atoms with Crippen LogP contribution in [0, 0.1) is 0 Å². The van der Waals surface area contributed by atoms with Crippen LogP contribution in [0.2, 0.25) is 0 Å². The molecule has 1 aromatic heterocycles. The molecule has 1 saturated carbocycles. The highest BCUT2D eigenvalue weighted by molar-refractivity contribution is 5.86. The largest absolute Gasteiger partial charge is 0.479 e. The van der Waals surface area contributed by atoms with Gasteiger partial charge in [-0.25, -0.2) is 4.79 Å². The Morgan fingerprint density at radius 3 is 2.76 bits per heavy atom. The van der Waals surface area contributed by atoms with E-state index in [1.807, 2.05) is 0 Å². The van der Waals surface area contributed by atoms with E-state index in [1.165, 1.54) is 11.2 Å². The molecule has 0 aromatic carbocycles. The van der Waals surface area contributed by atoms with Crippen LogP contribution < -0.4 is 0 Å². The van der Waals surface area contributed by atoms with E-state index >= 15 is 0 Å². The Balaban J connectivity index is 1.81. The van der Waals surface area contributed by atoms with Gasteiger partial charge in [-0.05, 0) is 18.9 Å². The third-order valence-electron chi connectivity index (χ3n) is 4.53. The van der Waals surface area contributed by atoms with E-state index in [9.17, 15) is 19.8 Å². The van der Waals surface area contributed by atoms with Crippen molar-refractivity contribution >= 4 is 11.9 Å². The molecule has 2 heterocycles. The van der Waals surface area contributed by atoms with Gasteiger partial charge >= 0.3 is 5.97 Å².